The van der Waals surface area contributed by atoms with Crippen LogP contribution in [0.3, 0.4) is 0 Å². The van der Waals surface area contributed by atoms with E-state index < -0.39 is 12.1 Å². The number of para-hydroxylation sites is 1. The fourth-order valence-corrected chi connectivity index (χ4v) is 2.70. The molecule has 0 aliphatic rings. The maximum absolute atomic E-state index is 12.3. The van der Waals surface area contributed by atoms with Crippen LogP contribution in [0, 0.1) is 6.92 Å². The van der Waals surface area contributed by atoms with E-state index in [9.17, 15) is 9.59 Å². The van der Waals surface area contributed by atoms with Crippen LogP contribution >= 0.6 is 11.3 Å². The Labute approximate surface area is 134 Å². The van der Waals surface area contributed by atoms with E-state index in [2.05, 4.69) is 5.32 Å². The number of benzene rings is 1. The molecule has 0 spiro atoms. The number of nitrogens with one attached hydrogen (secondary N) is 1. The first-order valence-electron chi connectivity index (χ1n) is 7.16. The van der Waals surface area contributed by atoms with Crippen molar-refractivity contribution in [2.45, 2.75) is 33.3 Å². The van der Waals surface area contributed by atoms with Gasteiger partial charge in [0.25, 0.3) is 5.91 Å². The van der Waals surface area contributed by atoms with Gasteiger partial charge < -0.3 is 10.1 Å². The smallest absolute Gasteiger partial charge is 0.349 e. The number of hydrogen-bond acceptors (Lipinski definition) is 4. The molecular weight excluding hydrogens is 298 g/mol. The van der Waals surface area contributed by atoms with Crippen LogP contribution in [0.4, 0.5) is 5.69 Å². The fourth-order valence-electron chi connectivity index (χ4n) is 2.09. The molecule has 2 rings (SSSR count). The van der Waals surface area contributed by atoms with Crippen molar-refractivity contribution in [3.05, 3.63) is 51.7 Å². The number of amides is 1. The Bertz CT molecular complexity index is 665. The van der Waals surface area contributed by atoms with Gasteiger partial charge in [0.05, 0.1) is 0 Å². The molecule has 1 aromatic heterocycles. The number of carbonyl (C=O) groups is 2. The van der Waals surface area contributed by atoms with Crippen molar-refractivity contribution in [1.29, 1.82) is 0 Å². The maximum atomic E-state index is 12.3. The minimum absolute atomic E-state index is 0.325. The van der Waals surface area contributed by atoms with E-state index in [0.29, 0.717) is 4.88 Å². The molecular formula is C17H19NO3S. The number of aryl methyl sites for hydroxylation is 2. The summed E-state index contributed by atoms with van der Waals surface area (Å²) in [5.74, 6) is -0.799. The quantitative estimate of drug-likeness (QED) is 0.853. The van der Waals surface area contributed by atoms with Crippen molar-refractivity contribution in [2.24, 2.45) is 0 Å². The molecule has 0 radical (unpaired) electrons. The normalized spacial score (nSPS) is 11.8. The predicted octanol–water partition coefficient (Wildman–Crippen LogP) is 3.80. The van der Waals surface area contributed by atoms with Gasteiger partial charge >= 0.3 is 5.97 Å². The van der Waals surface area contributed by atoms with Crippen molar-refractivity contribution in [2.75, 3.05) is 5.32 Å². The Hall–Kier alpha value is -2.14. The predicted molar refractivity (Wildman–Crippen MR) is 88.4 cm³/mol. The average molecular weight is 317 g/mol. The Morgan fingerprint density at radius 1 is 1.27 bits per heavy atom. The summed E-state index contributed by atoms with van der Waals surface area (Å²) in [6, 6.07) is 9.33. The molecule has 5 heteroatoms. The third kappa shape index (κ3) is 3.74. The zero-order chi connectivity index (χ0) is 16.1. The molecule has 1 heterocycles. The molecule has 1 aromatic carbocycles. The summed E-state index contributed by atoms with van der Waals surface area (Å²) < 4.78 is 5.20. The first-order valence-corrected chi connectivity index (χ1v) is 8.04. The molecule has 0 aliphatic heterocycles. The Morgan fingerprint density at radius 2 is 2.05 bits per heavy atom. The molecule has 0 unspecified atom stereocenters. The largest absolute Gasteiger partial charge is 0.448 e. The Balaban J connectivity index is 2.04. The lowest BCUT2D eigenvalue weighted by Crippen LogP contribution is -2.30. The Morgan fingerprint density at radius 3 is 2.68 bits per heavy atom. The van der Waals surface area contributed by atoms with Crippen LogP contribution in [0.25, 0.3) is 0 Å². The minimum atomic E-state index is -0.848. The minimum Gasteiger partial charge on any atom is -0.448 e. The van der Waals surface area contributed by atoms with Crippen molar-refractivity contribution >= 4 is 28.9 Å². The van der Waals surface area contributed by atoms with Crippen molar-refractivity contribution in [3.8, 4) is 0 Å². The van der Waals surface area contributed by atoms with E-state index in [-0.39, 0.29) is 5.91 Å². The Kier molecular flexibility index (Phi) is 5.33. The standard InChI is InChI=1S/C17H19NO3S/c1-4-13-8-5-7-11(2)15(13)18-16(19)12(3)21-17(20)14-9-6-10-22-14/h5-10,12H,4H2,1-3H3,(H,18,19)/t12-/m1/s1. The van der Waals surface area contributed by atoms with Crippen molar-refractivity contribution in [3.63, 3.8) is 0 Å². The lowest BCUT2D eigenvalue weighted by molar-refractivity contribution is -0.123. The molecule has 0 bridgehead atoms. The van der Waals surface area contributed by atoms with Gasteiger partial charge in [0.2, 0.25) is 0 Å². The van der Waals surface area contributed by atoms with E-state index in [1.165, 1.54) is 11.3 Å². The zero-order valence-corrected chi connectivity index (χ0v) is 13.7. The second-order valence-electron chi connectivity index (χ2n) is 4.98. The van der Waals surface area contributed by atoms with Crippen LogP contribution in [0.1, 0.15) is 34.6 Å². The monoisotopic (exact) mass is 317 g/mol. The van der Waals surface area contributed by atoms with Crippen LogP contribution in [0.15, 0.2) is 35.7 Å². The summed E-state index contributed by atoms with van der Waals surface area (Å²) in [5, 5.41) is 4.66. The second kappa shape index (κ2) is 7.22. The van der Waals surface area contributed by atoms with E-state index in [4.69, 9.17) is 4.74 Å². The van der Waals surface area contributed by atoms with Gasteiger partial charge in [-0.25, -0.2) is 4.79 Å². The van der Waals surface area contributed by atoms with Gasteiger partial charge in [0.1, 0.15) is 4.88 Å². The van der Waals surface area contributed by atoms with Crippen LogP contribution < -0.4 is 5.32 Å². The van der Waals surface area contributed by atoms with E-state index in [1.807, 2.05) is 32.0 Å². The van der Waals surface area contributed by atoms with Gasteiger partial charge in [0, 0.05) is 5.69 Å². The summed E-state index contributed by atoms with van der Waals surface area (Å²) in [5.41, 5.74) is 2.85. The maximum Gasteiger partial charge on any atom is 0.349 e. The average Bonchev–Trinajstić information content (AvgIpc) is 3.03. The van der Waals surface area contributed by atoms with Gasteiger partial charge in [0.15, 0.2) is 6.10 Å². The van der Waals surface area contributed by atoms with Crippen LogP contribution in [0.5, 0.6) is 0 Å². The molecule has 0 saturated heterocycles. The number of esters is 1. The second-order valence-corrected chi connectivity index (χ2v) is 5.92. The fraction of sp³-hybridized carbons (Fsp3) is 0.294. The molecule has 1 N–H and O–H groups in total. The highest BCUT2D eigenvalue weighted by molar-refractivity contribution is 7.11. The molecule has 0 saturated carbocycles. The summed E-state index contributed by atoms with van der Waals surface area (Å²) in [6.07, 6.45) is -0.0281. The number of thiophene rings is 1. The molecule has 1 atom stereocenters. The van der Waals surface area contributed by atoms with E-state index in [0.717, 1.165) is 23.2 Å². The highest BCUT2D eigenvalue weighted by Crippen LogP contribution is 2.21. The SMILES string of the molecule is CCc1cccc(C)c1NC(=O)[C@@H](C)OC(=O)c1cccs1. The van der Waals surface area contributed by atoms with E-state index >= 15 is 0 Å². The van der Waals surface area contributed by atoms with Crippen molar-refractivity contribution in [1.82, 2.24) is 0 Å². The van der Waals surface area contributed by atoms with Gasteiger partial charge in [-0.15, -0.1) is 11.3 Å². The summed E-state index contributed by atoms with van der Waals surface area (Å²) in [7, 11) is 0. The van der Waals surface area contributed by atoms with Gasteiger partial charge in [-0.3, -0.25) is 4.79 Å². The van der Waals surface area contributed by atoms with Crippen LogP contribution in [-0.4, -0.2) is 18.0 Å². The molecule has 4 nitrogen and oxygen atoms in total. The number of ether oxygens (including phenoxy) is 1. The van der Waals surface area contributed by atoms with Gasteiger partial charge in [-0.2, -0.15) is 0 Å². The molecule has 116 valence electrons. The lowest BCUT2D eigenvalue weighted by atomic mass is 10.1. The molecule has 0 fully saturated rings. The van der Waals surface area contributed by atoms with Crippen LogP contribution in [-0.2, 0) is 16.0 Å². The number of carbonyl (C=O) groups excluding carboxylic acids is 2. The van der Waals surface area contributed by atoms with Gasteiger partial charge in [-0.1, -0.05) is 31.2 Å². The highest BCUT2D eigenvalue weighted by atomic mass is 32.1. The summed E-state index contributed by atoms with van der Waals surface area (Å²) >= 11 is 1.29. The molecule has 22 heavy (non-hydrogen) atoms. The zero-order valence-electron chi connectivity index (χ0n) is 12.9. The first-order chi connectivity index (χ1) is 10.5. The third-order valence-electron chi connectivity index (χ3n) is 3.36. The van der Waals surface area contributed by atoms with Crippen molar-refractivity contribution < 1.29 is 14.3 Å². The summed E-state index contributed by atoms with van der Waals surface area (Å²) in [4.78, 5) is 24.6. The lowest BCUT2D eigenvalue weighted by Gasteiger charge is -2.16. The number of rotatable bonds is 5. The third-order valence-corrected chi connectivity index (χ3v) is 4.21. The number of hydrogen-bond donors (Lipinski definition) is 1. The first kappa shape index (κ1) is 16.2. The molecule has 0 aliphatic carbocycles. The van der Waals surface area contributed by atoms with E-state index in [1.54, 1.807) is 24.4 Å². The molecule has 2 aromatic rings. The van der Waals surface area contributed by atoms with Crippen LogP contribution in [0.2, 0.25) is 0 Å². The molecule has 1 amide bonds. The number of anilines is 1. The summed E-state index contributed by atoms with van der Waals surface area (Å²) in [6.45, 7) is 5.55. The topological polar surface area (TPSA) is 55.4 Å². The van der Waals surface area contributed by atoms with Gasteiger partial charge in [-0.05, 0) is 42.8 Å². The highest BCUT2D eigenvalue weighted by Gasteiger charge is 2.20.